The lowest BCUT2D eigenvalue weighted by Crippen LogP contribution is -2.30. The van der Waals surface area contributed by atoms with Crippen LogP contribution in [0.25, 0.3) is 0 Å². The number of carbonyl (C=O) groups is 2. The van der Waals surface area contributed by atoms with Gasteiger partial charge in [-0.3, -0.25) is 4.79 Å². The molecule has 2 aromatic carbocycles. The van der Waals surface area contributed by atoms with E-state index in [0.29, 0.717) is 23.2 Å². The lowest BCUT2D eigenvalue weighted by Gasteiger charge is -2.22. The third kappa shape index (κ3) is 5.74. The molecule has 3 rings (SSSR count). The highest BCUT2D eigenvalue weighted by atomic mass is 16.5. The summed E-state index contributed by atoms with van der Waals surface area (Å²) in [4.78, 5) is 24.0. The van der Waals surface area contributed by atoms with Crippen molar-refractivity contribution in [2.75, 3.05) is 17.2 Å². The molecular weight excluding hydrogens is 354 g/mol. The maximum atomic E-state index is 12.2. The molecule has 3 N–H and O–H groups in total. The van der Waals surface area contributed by atoms with Crippen LogP contribution in [-0.2, 0) is 10.2 Å². The number of anilines is 2. The van der Waals surface area contributed by atoms with E-state index in [4.69, 9.17) is 4.74 Å². The molecule has 0 aromatic heterocycles. The fourth-order valence-corrected chi connectivity index (χ4v) is 2.77. The smallest absolute Gasteiger partial charge is 0.319 e. The first-order valence-corrected chi connectivity index (χ1v) is 9.51. The average Bonchev–Trinajstić information content (AvgIpc) is 3.45. The zero-order valence-corrected chi connectivity index (χ0v) is 16.5. The van der Waals surface area contributed by atoms with Crippen LogP contribution >= 0.6 is 0 Å². The second-order valence-electron chi connectivity index (χ2n) is 8.03. The molecule has 1 aliphatic carbocycles. The normalized spacial score (nSPS) is 13.5. The molecule has 1 aliphatic rings. The van der Waals surface area contributed by atoms with E-state index >= 15 is 0 Å². The number of urea groups is 1. The summed E-state index contributed by atoms with van der Waals surface area (Å²) in [5.41, 5.74) is 2.31. The minimum atomic E-state index is -0.240. The zero-order valence-electron chi connectivity index (χ0n) is 16.5. The first-order chi connectivity index (χ1) is 13.3. The highest BCUT2D eigenvalue weighted by molar-refractivity contribution is 5.93. The van der Waals surface area contributed by atoms with E-state index in [1.165, 1.54) is 0 Å². The maximum Gasteiger partial charge on any atom is 0.319 e. The van der Waals surface area contributed by atoms with Crippen LogP contribution in [0.1, 0.15) is 39.2 Å². The average molecular weight is 381 g/mol. The molecule has 1 fully saturated rings. The quantitative estimate of drug-likeness (QED) is 0.698. The third-order valence-electron chi connectivity index (χ3n) is 4.39. The molecule has 0 heterocycles. The van der Waals surface area contributed by atoms with Crippen molar-refractivity contribution in [3.8, 4) is 5.75 Å². The zero-order chi connectivity index (χ0) is 20.1. The Bertz CT molecular complexity index is 837. The summed E-state index contributed by atoms with van der Waals surface area (Å²) in [5, 5.41) is 8.43. The Kier molecular flexibility index (Phi) is 5.87. The predicted molar refractivity (Wildman–Crippen MR) is 111 cm³/mol. The van der Waals surface area contributed by atoms with E-state index in [-0.39, 0.29) is 24.0 Å². The van der Waals surface area contributed by atoms with Crippen molar-refractivity contribution < 1.29 is 14.3 Å². The predicted octanol–water partition coefficient (Wildman–Crippen LogP) is 4.29. The monoisotopic (exact) mass is 381 g/mol. The maximum absolute atomic E-state index is 12.2. The standard InChI is InChI=1S/C22H27N3O3/c1-22(2,3)18-6-4-5-7-19(18)28-14-20(26)23-15-8-10-16(11-9-15)24-21(27)25-17-12-13-17/h4-11,17H,12-14H2,1-3H3,(H,23,26)(H2,24,25,27). The molecular formula is C22H27N3O3. The molecule has 0 bridgehead atoms. The number of ether oxygens (including phenoxy) is 1. The number of nitrogens with one attached hydrogen (secondary N) is 3. The molecule has 6 nitrogen and oxygen atoms in total. The van der Waals surface area contributed by atoms with Crippen molar-refractivity contribution in [3.63, 3.8) is 0 Å². The second kappa shape index (κ2) is 8.33. The van der Waals surface area contributed by atoms with Gasteiger partial charge in [-0.15, -0.1) is 0 Å². The van der Waals surface area contributed by atoms with E-state index in [9.17, 15) is 9.59 Å². The molecule has 0 radical (unpaired) electrons. The van der Waals surface area contributed by atoms with E-state index in [1.54, 1.807) is 24.3 Å². The van der Waals surface area contributed by atoms with Gasteiger partial charge in [0, 0.05) is 17.4 Å². The van der Waals surface area contributed by atoms with Crippen molar-refractivity contribution in [3.05, 3.63) is 54.1 Å². The van der Waals surface area contributed by atoms with Gasteiger partial charge in [0.1, 0.15) is 5.75 Å². The Balaban J connectivity index is 1.50. The number of benzene rings is 2. The summed E-state index contributed by atoms with van der Waals surface area (Å²) in [7, 11) is 0. The number of hydrogen-bond donors (Lipinski definition) is 3. The summed E-state index contributed by atoms with van der Waals surface area (Å²) in [6, 6.07) is 14.8. The molecule has 1 saturated carbocycles. The van der Waals surface area contributed by atoms with Gasteiger partial charge in [-0.2, -0.15) is 0 Å². The van der Waals surface area contributed by atoms with Gasteiger partial charge < -0.3 is 20.7 Å². The highest BCUT2D eigenvalue weighted by Crippen LogP contribution is 2.30. The Morgan fingerprint density at radius 3 is 2.18 bits per heavy atom. The fraction of sp³-hybridized carbons (Fsp3) is 0.364. The molecule has 0 unspecified atom stereocenters. The topological polar surface area (TPSA) is 79.5 Å². The molecule has 28 heavy (non-hydrogen) atoms. The van der Waals surface area contributed by atoms with Crippen molar-refractivity contribution in [1.29, 1.82) is 0 Å². The summed E-state index contributed by atoms with van der Waals surface area (Å²) in [5.74, 6) is 0.474. The number of amides is 3. The SMILES string of the molecule is CC(C)(C)c1ccccc1OCC(=O)Nc1ccc(NC(=O)NC2CC2)cc1. The van der Waals surface area contributed by atoms with Crippen molar-refractivity contribution in [1.82, 2.24) is 5.32 Å². The minimum absolute atomic E-state index is 0.0678. The number of hydrogen-bond acceptors (Lipinski definition) is 3. The molecule has 0 atom stereocenters. The highest BCUT2D eigenvalue weighted by Gasteiger charge is 2.23. The molecule has 2 aromatic rings. The van der Waals surface area contributed by atoms with Gasteiger partial charge in [0.2, 0.25) is 0 Å². The van der Waals surface area contributed by atoms with Crippen LogP contribution in [0.2, 0.25) is 0 Å². The van der Waals surface area contributed by atoms with Crippen molar-refractivity contribution in [2.24, 2.45) is 0 Å². The lowest BCUT2D eigenvalue weighted by atomic mass is 9.86. The fourth-order valence-electron chi connectivity index (χ4n) is 2.77. The Hall–Kier alpha value is -3.02. The van der Waals surface area contributed by atoms with Crippen LogP contribution in [-0.4, -0.2) is 24.6 Å². The van der Waals surface area contributed by atoms with Crippen molar-refractivity contribution in [2.45, 2.75) is 45.1 Å². The molecule has 0 spiro atoms. The van der Waals surface area contributed by atoms with Gasteiger partial charge in [-0.25, -0.2) is 4.79 Å². The molecule has 3 amide bonds. The number of rotatable bonds is 6. The number of carbonyl (C=O) groups excluding carboxylic acids is 2. The Labute approximate surface area is 165 Å². The summed E-state index contributed by atoms with van der Waals surface area (Å²) in [6.45, 7) is 6.25. The Morgan fingerprint density at radius 1 is 0.964 bits per heavy atom. The van der Waals surface area contributed by atoms with Gasteiger partial charge in [-0.05, 0) is 54.2 Å². The largest absolute Gasteiger partial charge is 0.483 e. The van der Waals surface area contributed by atoms with Crippen molar-refractivity contribution >= 4 is 23.3 Å². The summed E-state index contributed by atoms with van der Waals surface area (Å²) in [6.07, 6.45) is 2.08. The molecule has 0 aliphatic heterocycles. The first kappa shape index (κ1) is 19.7. The van der Waals surface area contributed by atoms with Crippen LogP contribution < -0.4 is 20.7 Å². The number of para-hydroxylation sites is 1. The van der Waals surface area contributed by atoms with Crippen LogP contribution in [0.5, 0.6) is 5.75 Å². The van der Waals surface area contributed by atoms with E-state index in [2.05, 4.69) is 36.7 Å². The van der Waals surface area contributed by atoms with Crippen LogP contribution in [0.15, 0.2) is 48.5 Å². The van der Waals surface area contributed by atoms with Gasteiger partial charge in [0.15, 0.2) is 6.61 Å². The van der Waals surface area contributed by atoms with Crippen LogP contribution in [0.4, 0.5) is 16.2 Å². The molecule has 148 valence electrons. The summed E-state index contributed by atoms with van der Waals surface area (Å²) < 4.78 is 5.74. The Morgan fingerprint density at radius 2 is 1.57 bits per heavy atom. The molecule has 6 heteroatoms. The van der Waals surface area contributed by atoms with Crippen LogP contribution in [0, 0.1) is 0 Å². The van der Waals surface area contributed by atoms with Gasteiger partial charge in [0.25, 0.3) is 5.91 Å². The van der Waals surface area contributed by atoms with Crippen LogP contribution in [0.3, 0.4) is 0 Å². The lowest BCUT2D eigenvalue weighted by molar-refractivity contribution is -0.118. The van der Waals surface area contributed by atoms with E-state index in [0.717, 1.165) is 18.4 Å². The van der Waals surface area contributed by atoms with Gasteiger partial charge in [0.05, 0.1) is 0 Å². The van der Waals surface area contributed by atoms with Gasteiger partial charge in [-0.1, -0.05) is 39.0 Å². The molecule has 0 saturated heterocycles. The third-order valence-corrected chi connectivity index (χ3v) is 4.39. The van der Waals surface area contributed by atoms with E-state index in [1.807, 2.05) is 24.3 Å². The summed E-state index contributed by atoms with van der Waals surface area (Å²) >= 11 is 0. The van der Waals surface area contributed by atoms with E-state index < -0.39 is 0 Å². The second-order valence-corrected chi connectivity index (χ2v) is 8.03. The first-order valence-electron chi connectivity index (χ1n) is 9.51. The van der Waals surface area contributed by atoms with Gasteiger partial charge >= 0.3 is 6.03 Å². The minimum Gasteiger partial charge on any atom is -0.483 e.